The van der Waals surface area contributed by atoms with Crippen molar-refractivity contribution in [1.82, 2.24) is 9.78 Å². The highest BCUT2D eigenvalue weighted by Gasteiger charge is 2.11. The van der Waals surface area contributed by atoms with Crippen molar-refractivity contribution in [2.45, 2.75) is 20.4 Å². The average molecular weight is 408 g/mol. The van der Waals surface area contributed by atoms with E-state index < -0.39 is 0 Å². The number of aromatic nitrogens is 2. The van der Waals surface area contributed by atoms with Gasteiger partial charge in [-0.3, -0.25) is 4.68 Å². The quantitative estimate of drug-likeness (QED) is 0.790. The fourth-order valence-corrected chi connectivity index (χ4v) is 3.07. The van der Waals surface area contributed by atoms with Crippen molar-refractivity contribution in [2.75, 3.05) is 5.32 Å². The van der Waals surface area contributed by atoms with Crippen LogP contribution in [0.4, 0.5) is 5.69 Å². The van der Waals surface area contributed by atoms with Crippen molar-refractivity contribution in [2.24, 2.45) is 7.05 Å². The maximum Gasteiger partial charge on any atom is 0.0739 e. The summed E-state index contributed by atoms with van der Waals surface area (Å²) in [7, 11) is 1.94. The Labute approximate surface area is 134 Å². The van der Waals surface area contributed by atoms with Gasteiger partial charge in [-0.2, -0.15) is 5.10 Å². The number of nitrogens with one attached hydrogen (secondary N) is 1. The van der Waals surface area contributed by atoms with Gasteiger partial charge in [0.15, 0.2) is 0 Å². The number of hydrogen-bond donors (Lipinski definition) is 1. The minimum absolute atomic E-state index is 0.677. The molecule has 1 heterocycles. The lowest BCUT2D eigenvalue weighted by atomic mass is 10.2. The maximum absolute atomic E-state index is 6.15. The molecular formula is C13H14Br2ClN3. The van der Waals surface area contributed by atoms with Crippen LogP contribution in [0.2, 0.25) is 5.02 Å². The molecule has 0 fully saturated rings. The Morgan fingerprint density at radius 1 is 1.32 bits per heavy atom. The Kier molecular flexibility index (Phi) is 4.58. The van der Waals surface area contributed by atoms with E-state index in [0.717, 1.165) is 36.6 Å². The predicted molar refractivity (Wildman–Crippen MR) is 86.9 cm³/mol. The third-order valence-corrected chi connectivity index (χ3v) is 5.05. The van der Waals surface area contributed by atoms with Crippen LogP contribution in [0.5, 0.6) is 0 Å². The van der Waals surface area contributed by atoms with E-state index in [0.29, 0.717) is 6.54 Å². The number of halogens is 3. The van der Waals surface area contributed by atoms with E-state index in [2.05, 4.69) is 42.3 Å². The molecule has 0 unspecified atom stereocenters. The molecule has 0 saturated carbocycles. The fraction of sp³-hybridized carbons (Fsp3) is 0.308. The van der Waals surface area contributed by atoms with E-state index in [4.69, 9.17) is 11.6 Å². The van der Waals surface area contributed by atoms with Gasteiger partial charge in [0.1, 0.15) is 0 Å². The van der Waals surface area contributed by atoms with Crippen LogP contribution in [0.1, 0.15) is 17.0 Å². The number of benzene rings is 1. The lowest BCUT2D eigenvalue weighted by Crippen LogP contribution is -2.06. The van der Waals surface area contributed by atoms with Crippen molar-refractivity contribution in [1.29, 1.82) is 0 Å². The molecule has 3 nitrogen and oxygen atoms in total. The molecule has 0 aliphatic heterocycles. The number of aryl methyl sites for hydroxylation is 3. The molecule has 0 aliphatic carbocycles. The van der Waals surface area contributed by atoms with Gasteiger partial charge in [-0.15, -0.1) is 0 Å². The van der Waals surface area contributed by atoms with Crippen LogP contribution in [-0.4, -0.2) is 9.78 Å². The summed E-state index contributed by atoms with van der Waals surface area (Å²) in [4.78, 5) is 0. The van der Waals surface area contributed by atoms with Crippen molar-refractivity contribution < 1.29 is 0 Å². The first-order valence-corrected chi connectivity index (χ1v) is 7.74. The number of nitrogens with zero attached hydrogens (tertiary/aromatic N) is 2. The Balaban J connectivity index is 2.21. The summed E-state index contributed by atoms with van der Waals surface area (Å²) in [5.74, 6) is 0. The van der Waals surface area contributed by atoms with Crippen LogP contribution in [0.25, 0.3) is 0 Å². The van der Waals surface area contributed by atoms with Crippen molar-refractivity contribution in [3.8, 4) is 0 Å². The number of anilines is 1. The molecular weight excluding hydrogens is 393 g/mol. The highest BCUT2D eigenvalue weighted by atomic mass is 79.9. The summed E-state index contributed by atoms with van der Waals surface area (Å²) in [5.41, 5.74) is 4.11. The molecule has 1 aromatic carbocycles. The molecule has 19 heavy (non-hydrogen) atoms. The fourth-order valence-electron chi connectivity index (χ4n) is 1.83. The van der Waals surface area contributed by atoms with E-state index in [1.807, 2.05) is 37.7 Å². The van der Waals surface area contributed by atoms with Crippen LogP contribution < -0.4 is 5.32 Å². The standard InChI is InChI=1S/C13H14Br2ClN3/c1-7-4-9(14)11(5-10(7)16)17-6-12-13(15)8(2)18-19(12)3/h4-5,17H,6H2,1-3H3. The largest absolute Gasteiger partial charge is 0.378 e. The molecule has 2 aromatic rings. The molecule has 0 bridgehead atoms. The summed E-state index contributed by atoms with van der Waals surface area (Å²) in [6, 6.07) is 3.94. The first-order valence-electron chi connectivity index (χ1n) is 5.77. The lowest BCUT2D eigenvalue weighted by Gasteiger charge is -2.11. The number of rotatable bonds is 3. The normalized spacial score (nSPS) is 10.8. The molecule has 1 N–H and O–H groups in total. The molecule has 6 heteroatoms. The van der Waals surface area contributed by atoms with Crippen LogP contribution in [-0.2, 0) is 13.6 Å². The molecule has 0 radical (unpaired) electrons. The topological polar surface area (TPSA) is 29.9 Å². The van der Waals surface area contributed by atoms with Gasteiger partial charge in [0.25, 0.3) is 0 Å². The summed E-state index contributed by atoms with van der Waals surface area (Å²) in [6.45, 7) is 4.64. The average Bonchev–Trinajstić information content (AvgIpc) is 2.57. The van der Waals surface area contributed by atoms with E-state index in [9.17, 15) is 0 Å². The SMILES string of the molecule is Cc1cc(Br)c(NCc2c(Br)c(C)nn2C)cc1Cl. The predicted octanol–water partition coefficient (Wildman–Crippen LogP) is 4.83. The summed E-state index contributed by atoms with van der Waals surface area (Å²) >= 11 is 13.2. The molecule has 2 rings (SSSR count). The zero-order chi connectivity index (χ0) is 14.2. The third kappa shape index (κ3) is 3.15. The minimum Gasteiger partial charge on any atom is -0.378 e. The van der Waals surface area contributed by atoms with Crippen LogP contribution in [0.15, 0.2) is 21.1 Å². The minimum atomic E-state index is 0.677. The Hall–Kier alpha value is -0.520. The lowest BCUT2D eigenvalue weighted by molar-refractivity contribution is 0.712. The Morgan fingerprint density at radius 3 is 2.58 bits per heavy atom. The second kappa shape index (κ2) is 5.85. The molecule has 0 amide bonds. The van der Waals surface area contributed by atoms with E-state index >= 15 is 0 Å². The second-order valence-corrected chi connectivity index (χ2v) is 6.46. The molecule has 0 atom stereocenters. The molecule has 0 spiro atoms. The van der Waals surface area contributed by atoms with Gasteiger partial charge in [-0.25, -0.2) is 0 Å². The first-order chi connectivity index (χ1) is 8.90. The van der Waals surface area contributed by atoms with Gasteiger partial charge in [0, 0.05) is 16.5 Å². The van der Waals surface area contributed by atoms with Gasteiger partial charge < -0.3 is 5.32 Å². The summed E-state index contributed by atoms with van der Waals surface area (Å²) in [5, 5.41) is 8.49. The molecule has 0 aliphatic rings. The zero-order valence-corrected chi connectivity index (χ0v) is 14.8. The van der Waals surface area contributed by atoms with E-state index in [1.54, 1.807) is 0 Å². The first kappa shape index (κ1) is 14.9. The van der Waals surface area contributed by atoms with Crippen LogP contribution >= 0.6 is 43.5 Å². The van der Waals surface area contributed by atoms with Crippen LogP contribution in [0, 0.1) is 13.8 Å². The van der Waals surface area contributed by atoms with Gasteiger partial charge >= 0.3 is 0 Å². The Morgan fingerprint density at radius 2 is 2.00 bits per heavy atom. The van der Waals surface area contributed by atoms with Gasteiger partial charge in [0.2, 0.25) is 0 Å². The van der Waals surface area contributed by atoms with Crippen LogP contribution in [0.3, 0.4) is 0 Å². The Bertz CT molecular complexity index is 623. The monoisotopic (exact) mass is 405 g/mol. The van der Waals surface area contributed by atoms with Gasteiger partial charge in [0.05, 0.1) is 28.1 Å². The maximum atomic E-state index is 6.15. The highest BCUT2D eigenvalue weighted by molar-refractivity contribution is 9.11. The highest BCUT2D eigenvalue weighted by Crippen LogP contribution is 2.30. The third-order valence-electron chi connectivity index (χ3n) is 2.96. The smallest absolute Gasteiger partial charge is 0.0739 e. The molecule has 0 saturated heterocycles. The number of hydrogen-bond acceptors (Lipinski definition) is 2. The van der Waals surface area contributed by atoms with Crippen molar-refractivity contribution >= 4 is 49.1 Å². The zero-order valence-electron chi connectivity index (χ0n) is 10.9. The van der Waals surface area contributed by atoms with Gasteiger partial charge in [-0.05, 0) is 63.4 Å². The van der Waals surface area contributed by atoms with Gasteiger partial charge in [-0.1, -0.05) is 11.6 Å². The van der Waals surface area contributed by atoms with Crippen molar-refractivity contribution in [3.05, 3.63) is 43.1 Å². The van der Waals surface area contributed by atoms with E-state index in [1.165, 1.54) is 0 Å². The molecule has 1 aromatic heterocycles. The second-order valence-electron chi connectivity index (χ2n) is 4.40. The molecule has 102 valence electrons. The summed E-state index contributed by atoms with van der Waals surface area (Å²) in [6.07, 6.45) is 0. The van der Waals surface area contributed by atoms with E-state index in [-0.39, 0.29) is 0 Å². The van der Waals surface area contributed by atoms with Crippen molar-refractivity contribution in [3.63, 3.8) is 0 Å². The summed E-state index contributed by atoms with van der Waals surface area (Å²) < 4.78 is 3.91.